The van der Waals surface area contributed by atoms with Gasteiger partial charge in [-0.15, -0.1) is 0 Å². The highest BCUT2D eigenvalue weighted by atomic mass is 19.1. The van der Waals surface area contributed by atoms with E-state index < -0.39 is 5.82 Å². The first-order chi connectivity index (χ1) is 8.24. The average molecular weight is 240 g/mol. The fourth-order valence-electron chi connectivity index (χ4n) is 2.17. The third kappa shape index (κ3) is 2.70. The second kappa shape index (κ2) is 5.37. The Morgan fingerprint density at radius 1 is 1.53 bits per heavy atom. The van der Waals surface area contributed by atoms with Crippen molar-refractivity contribution in [2.45, 2.75) is 25.0 Å². The molecule has 1 aliphatic heterocycles. The summed E-state index contributed by atoms with van der Waals surface area (Å²) < 4.78 is 18.1. The van der Waals surface area contributed by atoms with Crippen molar-refractivity contribution in [1.82, 2.24) is 9.97 Å². The van der Waals surface area contributed by atoms with Crippen LogP contribution in [0.25, 0.3) is 0 Å². The van der Waals surface area contributed by atoms with E-state index >= 15 is 0 Å². The van der Waals surface area contributed by atoms with Crippen LogP contribution in [0.2, 0.25) is 0 Å². The van der Waals surface area contributed by atoms with Crippen LogP contribution in [0.3, 0.4) is 0 Å². The van der Waals surface area contributed by atoms with Gasteiger partial charge in [-0.1, -0.05) is 0 Å². The zero-order chi connectivity index (χ0) is 12.3. The van der Waals surface area contributed by atoms with Gasteiger partial charge in [-0.25, -0.2) is 14.4 Å². The highest BCUT2D eigenvalue weighted by Gasteiger charge is 2.29. The fraction of sp³-hybridized carbons (Fsp3) is 0.636. The first kappa shape index (κ1) is 12.2. The van der Waals surface area contributed by atoms with Crippen molar-refractivity contribution in [1.29, 1.82) is 0 Å². The smallest absolute Gasteiger partial charge is 0.225 e. The number of nitrogens with zero attached hydrogens (tertiary/aromatic N) is 3. The lowest BCUT2D eigenvalue weighted by Crippen LogP contribution is -2.49. The zero-order valence-corrected chi connectivity index (χ0v) is 9.84. The van der Waals surface area contributed by atoms with E-state index in [-0.39, 0.29) is 12.1 Å². The van der Waals surface area contributed by atoms with Crippen molar-refractivity contribution in [3.63, 3.8) is 0 Å². The van der Waals surface area contributed by atoms with Gasteiger partial charge in [0.2, 0.25) is 5.95 Å². The Bertz CT molecular complexity index is 359. The second-order valence-electron chi connectivity index (χ2n) is 4.17. The van der Waals surface area contributed by atoms with Gasteiger partial charge in [0.05, 0.1) is 18.5 Å². The molecule has 2 N–H and O–H groups in total. The molecule has 0 aromatic carbocycles. The molecule has 0 bridgehead atoms. The summed E-state index contributed by atoms with van der Waals surface area (Å²) in [5.41, 5.74) is 5.75. The van der Waals surface area contributed by atoms with Gasteiger partial charge in [-0.05, 0) is 12.8 Å². The molecule has 2 atom stereocenters. The lowest BCUT2D eigenvalue weighted by atomic mass is 10.00. The van der Waals surface area contributed by atoms with Crippen LogP contribution in [-0.4, -0.2) is 42.3 Å². The SMILES string of the molecule is COC1CCN(c2ncc(F)cn2)C(CN)C1. The Kier molecular flexibility index (Phi) is 3.86. The minimum atomic E-state index is -0.426. The number of hydrogen-bond acceptors (Lipinski definition) is 5. The first-order valence-corrected chi connectivity index (χ1v) is 5.71. The van der Waals surface area contributed by atoms with E-state index in [1.807, 2.05) is 4.90 Å². The van der Waals surface area contributed by atoms with Crippen molar-refractivity contribution in [2.75, 3.05) is 25.1 Å². The lowest BCUT2D eigenvalue weighted by Gasteiger charge is -2.38. The Morgan fingerprint density at radius 3 is 2.82 bits per heavy atom. The average Bonchev–Trinajstić information content (AvgIpc) is 2.39. The molecular formula is C11H17FN4O. The van der Waals surface area contributed by atoms with Crippen LogP contribution < -0.4 is 10.6 Å². The molecule has 2 rings (SSSR count). The van der Waals surface area contributed by atoms with Crippen LogP contribution in [0.4, 0.5) is 10.3 Å². The summed E-state index contributed by atoms with van der Waals surface area (Å²) in [5, 5.41) is 0. The first-order valence-electron chi connectivity index (χ1n) is 5.71. The number of methoxy groups -OCH3 is 1. The summed E-state index contributed by atoms with van der Waals surface area (Å²) in [6.07, 6.45) is 4.36. The highest BCUT2D eigenvalue weighted by molar-refractivity contribution is 5.32. The quantitative estimate of drug-likeness (QED) is 0.836. The predicted octanol–water partition coefficient (Wildman–Crippen LogP) is 0.558. The molecular weight excluding hydrogens is 223 g/mol. The molecule has 5 nitrogen and oxygen atoms in total. The maximum atomic E-state index is 12.8. The summed E-state index contributed by atoms with van der Waals surface area (Å²) in [6.45, 7) is 1.30. The number of nitrogens with two attached hydrogens (primary N) is 1. The van der Waals surface area contributed by atoms with Gasteiger partial charge in [0, 0.05) is 26.2 Å². The maximum Gasteiger partial charge on any atom is 0.225 e. The van der Waals surface area contributed by atoms with Crippen molar-refractivity contribution in [3.8, 4) is 0 Å². The fourth-order valence-corrected chi connectivity index (χ4v) is 2.17. The Hall–Kier alpha value is -1.27. The number of anilines is 1. The topological polar surface area (TPSA) is 64.3 Å². The van der Waals surface area contributed by atoms with Crippen LogP contribution in [0.1, 0.15) is 12.8 Å². The predicted molar refractivity (Wildman–Crippen MR) is 62.2 cm³/mol. The Balaban J connectivity index is 2.12. The maximum absolute atomic E-state index is 12.8. The number of hydrogen-bond donors (Lipinski definition) is 1. The molecule has 0 radical (unpaired) electrons. The van der Waals surface area contributed by atoms with Crippen molar-refractivity contribution in [2.24, 2.45) is 5.73 Å². The highest BCUT2D eigenvalue weighted by Crippen LogP contribution is 2.22. The van der Waals surface area contributed by atoms with E-state index in [1.54, 1.807) is 7.11 Å². The van der Waals surface area contributed by atoms with Crippen LogP contribution in [0, 0.1) is 5.82 Å². The number of aromatic nitrogens is 2. The molecule has 17 heavy (non-hydrogen) atoms. The molecule has 1 aliphatic rings. The van der Waals surface area contributed by atoms with E-state index in [0.717, 1.165) is 19.4 Å². The lowest BCUT2D eigenvalue weighted by molar-refractivity contribution is 0.0706. The number of halogens is 1. The third-order valence-corrected chi connectivity index (χ3v) is 3.14. The summed E-state index contributed by atoms with van der Waals surface area (Å²) in [4.78, 5) is 10.0. The monoisotopic (exact) mass is 240 g/mol. The number of piperidine rings is 1. The molecule has 1 aromatic heterocycles. The summed E-state index contributed by atoms with van der Waals surface area (Å²) >= 11 is 0. The van der Waals surface area contributed by atoms with Gasteiger partial charge in [0.25, 0.3) is 0 Å². The normalized spacial score (nSPS) is 25.0. The summed E-state index contributed by atoms with van der Waals surface area (Å²) in [7, 11) is 1.71. The molecule has 2 heterocycles. The molecule has 0 aliphatic carbocycles. The van der Waals surface area contributed by atoms with Gasteiger partial charge in [-0.2, -0.15) is 0 Å². The molecule has 0 amide bonds. The third-order valence-electron chi connectivity index (χ3n) is 3.14. The molecule has 1 fully saturated rings. The van der Waals surface area contributed by atoms with Gasteiger partial charge in [-0.3, -0.25) is 0 Å². The van der Waals surface area contributed by atoms with E-state index in [9.17, 15) is 4.39 Å². The van der Waals surface area contributed by atoms with Crippen molar-refractivity contribution >= 4 is 5.95 Å². The minimum Gasteiger partial charge on any atom is -0.381 e. The number of rotatable bonds is 3. The largest absolute Gasteiger partial charge is 0.381 e. The second-order valence-corrected chi connectivity index (χ2v) is 4.17. The van der Waals surface area contributed by atoms with Gasteiger partial charge in [0.1, 0.15) is 0 Å². The molecule has 0 spiro atoms. The van der Waals surface area contributed by atoms with Crippen molar-refractivity contribution < 1.29 is 9.13 Å². The van der Waals surface area contributed by atoms with Crippen LogP contribution in [-0.2, 0) is 4.74 Å². The molecule has 94 valence electrons. The summed E-state index contributed by atoms with van der Waals surface area (Å²) in [5.74, 6) is 0.112. The molecule has 1 aromatic rings. The van der Waals surface area contributed by atoms with E-state index in [1.165, 1.54) is 12.4 Å². The summed E-state index contributed by atoms with van der Waals surface area (Å²) in [6, 6.07) is 0.152. The molecule has 1 saturated heterocycles. The van der Waals surface area contributed by atoms with Crippen molar-refractivity contribution in [3.05, 3.63) is 18.2 Å². The van der Waals surface area contributed by atoms with E-state index in [0.29, 0.717) is 12.5 Å². The van der Waals surface area contributed by atoms with Crippen LogP contribution >= 0.6 is 0 Å². The Labute approximate surface area is 99.8 Å². The number of ether oxygens (including phenoxy) is 1. The Morgan fingerprint density at radius 2 is 2.24 bits per heavy atom. The van der Waals surface area contributed by atoms with Crippen LogP contribution in [0.5, 0.6) is 0 Å². The minimum absolute atomic E-state index is 0.152. The van der Waals surface area contributed by atoms with Gasteiger partial charge in [0.15, 0.2) is 5.82 Å². The molecule has 0 saturated carbocycles. The van der Waals surface area contributed by atoms with E-state index in [4.69, 9.17) is 10.5 Å². The molecule has 6 heteroatoms. The standard InChI is InChI=1S/C11H17FN4O/c1-17-10-2-3-16(9(4-10)5-13)11-14-6-8(12)7-15-11/h6-7,9-10H,2-5,13H2,1H3. The zero-order valence-electron chi connectivity index (χ0n) is 9.84. The van der Waals surface area contributed by atoms with E-state index in [2.05, 4.69) is 9.97 Å². The van der Waals surface area contributed by atoms with Gasteiger partial charge >= 0.3 is 0 Å². The molecule has 2 unspecified atom stereocenters. The van der Waals surface area contributed by atoms with Crippen LogP contribution in [0.15, 0.2) is 12.4 Å². The van der Waals surface area contributed by atoms with Gasteiger partial charge < -0.3 is 15.4 Å².